The first-order chi connectivity index (χ1) is 13.3. The number of nitrogens with one attached hydrogen (secondary N) is 3. The molecule has 0 spiro atoms. The van der Waals surface area contributed by atoms with Crippen molar-refractivity contribution in [3.63, 3.8) is 0 Å². The summed E-state index contributed by atoms with van der Waals surface area (Å²) in [5, 5.41) is 8.24. The number of hydrogen-bond donors (Lipinski definition) is 3. The highest BCUT2D eigenvalue weighted by Gasteiger charge is 2.18. The van der Waals surface area contributed by atoms with E-state index < -0.39 is 0 Å². The Labute approximate surface area is 163 Å². The minimum atomic E-state index is -0.381. The Morgan fingerprint density at radius 3 is 2.14 bits per heavy atom. The van der Waals surface area contributed by atoms with Gasteiger partial charge in [-0.25, -0.2) is 4.79 Å². The maximum atomic E-state index is 12.1. The molecule has 7 nitrogen and oxygen atoms in total. The number of nitrogens with zero attached hydrogens (tertiary/aromatic N) is 1. The van der Waals surface area contributed by atoms with E-state index in [4.69, 9.17) is 4.42 Å². The number of furan rings is 1. The first-order valence-electron chi connectivity index (χ1n) is 8.80. The molecule has 3 rings (SSSR count). The minimum absolute atomic E-state index is 0.132. The van der Waals surface area contributed by atoms with Crippen molar-refractivity contribution in [2.24, 2.45) is 0 Å². The molecule has 0 fully saturated rings. The Bertz CT molecular complexity index is 957. The van der Waals surface area contributed by atoms with Crippen molar-refractivity contribution in [3.8, 4) is 0 Å². The quantitative estimate of drug-likeness (QED) is 0.603. The maximum Gasteiger partial charge on any atom is 0.323 e. The van der Waals surface area contributed by atoms with E-state index in [1.54, 1.807) is 48.7 Å². The van der Waals surface area contributed by atoms with Crippen LogP contribution in [0.1, 0.15) is 36.9 Å². The van der Waals surface area contributed by atoms with E-state index in [9.17, 15) is 9.59 Å². The molecule has 3 aromatic rings. The molecule has 7 heteroatoms. The van der Waals surface area contributed by atoms with Crippen LogP contribution in [0.3, 0.4) is 0 Å². The van der Waals surface area contributed by atoms with Gasteiger partial charge < -0.3 is 20.4 Å². The number of hydrogen-bond acceptors (Lipinski definition) is 4. The van der Waals surface area contributed by atoms with Gasteiger partial charge in [0.1, 0.15) is 12.0 Å². The lowest BCUT2D eigenvalue weighted by Gasteiger charge is -2.13. The van der Waals surface area contributed by atoms with Gasteiger partial charge in [0.05, 0.1) is 11.3 Å². The molecule has 3 amide bonds. The van der Waals surface area contributed by atoms with Crippen LogP contribution in [-0.2, 0) is 5.41 Å². The summed E-state index contributed by atoms with van der Waals surface area (Å²) < 4.78 is 5.48. The van der Waals surface area contributed by atoms with E-state index in [-0.39, 0.29) is 17.4 Å². The molecule has 3 N–H and O–H groups in total. The Hall–Kier alpha value is -3.61. The molecular weight excluding hydrogens is 356 g/mol. The van der Waals surface area contributed by atoms with Crippen LogP contribution in [0.2, 0.25) is 0 Å². The van der Waals surface area contributed by atoms with E-state index in [1.165, 1.54) is 12.5 Å². The van der Waals surface area contributed by atoms with E-state index in [2.05, 4.69) is 20.9 Å². The van der Waals surface area contributed by atoms with Crippen molar-refractivity contribution in [1.82, 2.24) is 4.98 Å². The number of anilines is 3. The van der Waals surface area contributed by atoms with Gasteiger partial charge in [0.25, 0.3) is 5.91 Å². The number of carbonyl (C=O) groups excluding carboxylic acids is 2. The third-order valence-electron chi connectivity index (χ3n) is 3.92. The van der Waals surface area contributed by atoms with Gasteiger partial charge in [-0.05, 0) is 36.4 Å². The molecule has 0 saturated carbocycles. The highest BCUT2D eigenvalue weighted by atomic mass is 16.3. The molecule has 0 atom stereocenters. The smallest absolute Gasteiger partial charge is 0.323 e. The minimum Gasteiger partial charge on any atom is -0.467 e. The van der Waals surface area contributed by atoms with Crippen LogP contribution < -0.4 is 16.0 Å². The number of carbonyl (C=O) groups is 2. The highest BCUT2D eigenvalue weighted by Crippen LogP contribution is 2.26. The summed E-state index contributed by atoms with van der Waals surface area (Å²) in [6, 6.07) is 11.6. The molecule has 0 saturated heterocycles. The molecule has 0 aliphatic carbocycles. The van der Waals surface area contributed by atoms with Crippen LogP contribution in [0.25, 0.3) is 0 Å². The predicted octanol–water partition coefficient (Wildman–Crippen LogP) is 4.87. The van der Waals surface area contributed by atoms with Crippen LogP contribution in [0.15, 0.2) is 65.5 Å². The number of rotatable bonds is 4. The van der Waals surface area contributed by atoms with Crippen LogP contribution >= 0.6 is 0 Å². The lowest BCUT2D eigenvalue weighted by atomic mass is 9.93. The maximum absolute atomic E-state index is 12.1. The van der Waals surface area contributed by atoms with Gasteiger partial charge >= 0.3 is 6.03 Å². The number of urea groups is 1. The Morgan fingerprint density at radius 1 is 0.929 bits per heavy atom. The summed E-state index contributed by atoms with van der Waals surface area (Å²) in [6.45, 7) is 6.10. The third-order valence-corrected chi connectivity index (χ3v) is 3.92. The largest absolute Gasteiger partial charge is 0.467 e. The average Bonchev–Trinajstić information content (AvgIpc) is 3.13. The van der Waals surface area contributed by atoms with Gasteiger partial charge in [-0.2, -0.15) is 0 Å². The second-order valence-electron chi connectivity index (χ2n) is 7.30. The van der Waals surface area contributed by atoms with Gasteiger partial charge in [-0.3, -0.25) is 9.78 Å². The summed E-state index contributed by atoms with van der Waals surface area (Å²) >= 11 is 0. The van der Waals surface area contributed by atoms with E-state index in [0.717, 1.165) is 5.76 Å². The molecule has 28 heavy (non-hydrogen) atoms. The monoisotopic (exact) mass is 378 g/mol. The molecule has 2 heterocycles. The molecule has 2 aromatic heterocycles. The van der Waals surface area contributed by atoms with Gasteiger partial charge in [0.2, 0.25) is 0 Å². The second-order valence-corrected chi connectivity index (χ2v) is 7.30. The van der Waals surface area contributed by atoms with Gasteiger partial charge in [-0.1, -0.05) is 20.8 Å². The summed E-state index contributed by atoms with van der Waals surface area (Å²) in [5.74, 6) is 0.540. The van der Waals surface area contributed by atoms with Crippen molar-refractivity contribution < 1.29 is 14.0 Å². The van der Waals surface area contributed by atoms with Gasteiger partial charge in [-0.15, -0.1) is 0 Å². The van der Waals surface area contributed by atoms with Crippen molar-refractivity contribution >= 4 is 29.0 Å². The molecule has 0 aliphatic heterocycles. The van der Waals surface area contributed by atoms with Crippen LogP contribution in [0.5, 0.6) is 0 Å². The molecular formula is C21H22N4O3. The van der Waals surface area contributed by atoms with E-state index >= 15 is 0 Å². The molecule has 0 unspecified atom stereocenters. The summed E-state index contributed by atoms with van der Waals surface area (Å²) in [7, 11) is 0. The zero-order valence-corrected chi connectivity index (χ0v) is 15.9. The van der Waals surface area contributed by atoms with Crippen LogP contribution in [0, 0.1) is 0 Å². The van der Waals surface area contributed by atoms with Crippen LogP contribution in [0.4, 0.5) is 21.9 Å². The van der Waals surface area contributed by atoms with Crippen molar-refractivity contribution in [2.45, 2.75) is 26.2 Å². The fourth-order valence-electron chi connectivity index (χ4n) is 2.43. The van der Waals surface area contributed by atoms with Crippen molar-refractivity contribution in [3.05, 3.63) is 72.4 Å². The summed E-state index contributed by atoms with van der Waals surface area (Å²) in [5.41, 5.74) is 2.13. The summed E-state index contributed by atoms with van der Waals surface area (Å²) in [4.78, 5) is 28.2. The highest BCUT2D eigenvalue weighted by molar-refractivity contribution is 6.04. The Kier molecular flexibility index (Phi) is 5.44. The zero-order valence-electron chi connectivity index (χ0n) is 15.9. The van der Waals surface area contributed by atoms with E-state index in [1.807, 2.05) is 20.8 Å². The Morgan fingerprint density at radius 2 is 1.57 bits per heavy atom. The lowest BCUT2D eigenvalue weighted by molar-refractivity contribution is 0.102. The second kappa shape index (κ2) is 7.96. The summed E-state index contributed by atoms with van der Waals surface area (Å²) in [6.07, 6.45) is 4.61. The third kappa shape index (κ3) is 4.97. The molecule has 0 radical (unpaired) electrons. The van der Waals surface area contributed by atoms with Gasteiger partial charge in [0.15, 0.2) is 0 Å². The average molecular weight is 378 g/mol. The van der Waals surface area contributed by atoms with Crippen molar-refractivity contribution in [1.29, 1.82) is 0 Å². The SMILES string of the molecule is CC(C)(C)c1cc(NC(=O)Nc2ccc(NC(=O)c3cccnc3)cc2)co1. The topological polar surface area (TPSA) is 96.3 Å². The van der Waals surface area contributed by atoms with Crippen molar-refractivity contribution in [2.75, 3.05) is 16.0 Å². The number of amides is 3. The predicted molar refractivity (Wildman–Crippen MR) is 109 cm³/mol. The molecule has 0 bridgehead atoms. The fourth-order valence-corrected chi connectivity index (χ4v) is 2.43. The van der Waals surface area contributed by atoms with Crippen LogP contribution in [-0.4, -0.2) is 16.9 Å². The molecule has 144 valence electrons. The first-order valence-corrected chi connectivity index (χ1v) is 8.80. The lowest BCUT2D eigenvalue weighted by Crippen LogP contribution is -2.19. The standard InChI is InChI=1S/C21H22N4O3/c1-21(2,3)18-11-17(13-28-18)25-20(27)24-16-8-6-15(7-9-16)23-19(26)14-5-4-10-22-12-14/h4-13H,1-3H3,(H,23,26)(H2,24,25,27). The number of aromatic nitrogens is 1. The number of benzene rings is 1. The zero-order chi connectivity index (χ0) is 20.1. The number of pyridine rings is 1. The first kappa shape index (κ1) is 19.2. The Balaban J connectivity index is 1.56. The molecule has 1 aromatic carbocycles. The van der Waals surface area contributed by atoms with Gasteiger partial charge in [0, 0.05) is 35.2 Å². The fraction of sp³-hybridized carbons (Fsp3) is 0.190. The normalized spacial score (nSPS) is 11.0. The molecule has 0 aliphatic rings. The van der Waals surface area contributed by atoms with E-state index in [0.29, 0.717) is 22.6 Å².